The first kappa shape index (κ1) is 14.0. The average molecular weight is 292 g/mol. The molecule has 0 aromatic carbocycles. The van der Waals surface area contributed by atoms with Gasteiger partial charge >= 0.3 is 5.97 Å². The Balaban J connectivity index is 1.64. The summed E-state index contributed by atoms with van der Waals surface area (Å²) in [7, 11) is 0. The summed E-state index contributed by atoms with van der Waals surface area (Å²) >= 11 is 0. The van der Waals surface area contributed by atoms with Gasteiger partial charge in [-0.15, -0.1) is 0 Å². The fourth-order valence-electron chi connectivity index (χ4n) is 6.56. The maximum atomic E-state index is 11.6. The smallest absolute Gasteiger partial charge is 0.306 e. The summed E-state index contributed by atoms with van der Waals surface area (Å²) < 4.78 is 5.47. The first-order chi connectivity index (χ1) is 9.95. The lowest BCUT2D eigenvalue weighted by molar-refractivity contribution is -0.181. The molecular weight excluding hydrogens is 264 g/mol. The molecule has 3 heteroatoms. The molecule has 4 rings (SSSR count). The highest BCUT2D eigenvalue weighted by atomic mass is 16.5. The van der Waals surface area contributed by atoms with Gasteiger partial charge in [-0.25, -0.2) is 0 Å². The normalized spacial score (nSPS) is 56.1. The van der Waals surface area contributed by atoms with Gasteiger partial charge in [0.1, 0.15) is 0 Å². The van der Waals surface area contributed by atoms with Gasteiger partial charge in [-0.2, -0.15) is 0 Å². The number of aliphatic hydroxyl groups excluding tert-OH is 1. The summed E-state index contributed by atoms with van der Waals surface area (Å²) in [5.41, 5.74) is 0.335. The minimum atomic E-state index is -0.0989. The van der Waals surface area contributed by atoms with Crippen LogP contribution in [0.4, 0.5) is 0 Å². The van der Waals surface area contributed by atoms with Crippen molar-refractivity contribution in [3.8, 4) is 0 Å². The Hall–Kier alpha value is -0.570. The maximum Gasteiger partial charge on any atom is 0.306 e. The van der Waals surface area contributed by atoms with Gasteiger partial charge in [0, 0.05) is 11.8 Å². The average Bonchev–Trinajstić information content (AvgIpc) is 2.76. The minimum absolute atomic E-state index is 0.00728. The zero-order chi connectivity index (χ0) is 14.8. The summed E-state index contributed by atoms with van der Waals surface area (Å²) in [4.78, 5) is 11.6. The molecule has 118 valence electrons. The fourth-order valence-corrected chi connectivity index (χ4v) is 6.56. The Morgan fingerprint density at radius 2 is 1.81 bits per heavy atom. The van der Waals surface area contributed by atoms with E-state index in [2.05, 4.69) is 13.8 Å². The monoisotopic (exact) mass is 292 g/mol. The van der Waals surface area contributed by atoms with Crippen molar-refractivity contribution in [2.45, 2.75) is 64.9 Å². The number of carbonyl (C=O) groups excluding carboxylic acids is 1. The number of hydrogen-bond donors (Lipinski definition) is 1. The molecule has 0 radical (unpaired) electrons. The van der Waals surface area contributed by atoms with E-state index in [4.69, 9.17) is 4.74 Å². The number of esters is 1. The van der Waals surface area contributed by atoms with E-state index in [-0.39, 0.29) is 22.9 Å². The summed E-state index contributed by atoms with van der Waals surface area (Å²) in [6.45, 7) is 5.32. The predicted octanol–water partition coefficient (Wildman–Crippen LogP) is 3.15. The lowest BCUT2D eigenvalue weighted by atomic mass is 9.47. The molecule has 1 unspecified atom stereocenters. The third-order valence-corrected chi connectivity index (χ3v) is 7.97. The van der Waals surface area contributed by atoms with Crippen LogP contribution in [-0.2, 0) is 9.53 Å². The Labute approximate surface area is 127 Å². The second-order valence-electron chi connectivity index (χ2n) is 8.66. The fraction of sp³-hybridized carbons (Fsp3) is 0.944. The second-order valence-corrected chi connectivity index (χ2v) is 8.66. The summed E-state index contributed by atoms with van der Waals surface area (Å²) in [5, 5.41) is 10.4. The predicted molar refractivity (Wildman–Crippen MR) is 79.5 cm³/mol. The molecule has 4 aliphatic rings. The number of carbonyl (C=O) groups is 1. The van der Waals surface area contributed by atoms with Crippen LogP contribution in [0.3, 0.4) is 0 Å². The van der Waals surface area contributed by atoms with E-state index in [0.29, 0.717) is 30.8 Å². The third kappa shape index (κ3) is 1.79. The molecule has 0 spiro atoms. The molecule has 1 N–H and O–H groups in total. The van der Waals surface area contributed by atoms with Crippen LogP contribution in [0.1, 0.15) is 58.8 Å². The number of ether oxygens (including phenoxy) is 1. The standard InChI is InChI=1S/C18H28O3/c1-17-8-7-14-12(13(17)5-6-15(17)19)4-3-11-9-16(20)21-10-18(11,14)2/h11-15,19H,3-10H2,1-2H3/t11-,12-,13-,14-,15?,17-,18-/m0/s1. The summed E-state index contributed by atoms with van der Waals surface area (Å²) in [5.74, 6) is 2.64. The zero-order valence-electron chi connectivity index (χ0n) is 13.3. The van der Waals surface area contributed by atoms with Crippen molar-refractivity contribution in [1.29, 1.82) is 0 Å². The highest BCUT2D eigenvalue weighted by molar-refractivity contribution is 5.70. The van der Waals surface area contributed by atoms with Gasteiger partial charge in [-0.1, -0.05) is 13.8 Å². The van der Waals surface area contributed by atoms with Gasteiger partial charge in [0.05, 0.1) is 12.7 Å². The Morgan fingerprint density at radius 1 is 1.05 bits per heavy atom. The molecule has 4 fully saturated rings. The van der Waals surface area contributed by atoms with E-state index >= 15 is 0 Å². The SMILES string of the molecule is C[C@]12COC(=O)C[C@@H]1CC[C@@H]1[C@@H]2CC[C@]2(C)C(O)CC[C@@H]12. The van der Waals surface area contributed by atoms with Crippen molar-refractivity contribution < 1.29 is 14.6 Å². The van der Waals surface area contributed by atoms with Crippen molar-refractivity contribution in [3.63, 3.8) is 0 Å². The molecular formula is C18H28O3. The molecule has 21 heavy (non-hydrogen) atoms. The van der Waals surface area contributed by atoms with E-state index in [1.807, 2.05) is 0 Å². The molecule has 1 aliphatic heterocycles. The number of aliphatic hydroxyl groups is 1. The molecule has 0 bridgehead atoms. The first-order valence-electron chi connectivity index (χ1n) is 8.79. The molecule has 1 saturated heterocycles. The van der Waals surface area contributed by atoms with E-state index in [1.54, 1.807) is 0 Å². The molecule has 3 aliphatic carbocycles. The van der Waals surface area contributed by atoms with Crippen molar-refractivity contribution in [2.24, 2.45) is 34.5 Å². The van der Waals surface area contributed by atoms with Crippen LogP contribution >= 0.6 is 0 Å². The van der Waals surface area contributed by atoms with Crippen molar-refractivity contribution in [3.05, 3.63) is 0 Å². The number of fused-ring (bicyclic) bond motifs is 5. The van der Waals surface area contributed by atoms with Gasteiger partial charge in [-0.3, -0.25) is 4.79 Å². The third-order valence-electron chi connectivity index (χ3n) is 7.97. The zero-order valence-corrected chi connectivity index (χ0v) is 13.3. The lowest BCUT2D eigenvalue weighted by Gasteiger charge is -2.59. The van der Waals surface area contributed by atoms with E-state index < -0.39 is 0 Å². The summed E-state index contributed by atoms with van der Waals surface area (Å²) in [6, 6.07) is 0. The first-order valence-corrected chi connectivity index (χ1v) is 8.79. The molecule has 0 aromatic rings. The van der Waals surface area contributed by atoms with E-state index in [1.165, 1.54) is 25.7 Å². The molecule has 3 saturated carbocycles. The van der Waals surface area contributed by atoms with Crippen molar-refractivity contribution in [1.82, 2.24) is 0 Å². The Morgan fingerprint density at radius 3 is 2.62 bits per heavy atom. The molecule has 0 amide bonds. The highest BCUT2D eigenvalue weighted by Gasteiger charge is 2.60. The Kier molecular flexibility index (Phi) is 2.99. The van der Waals surface area contributed by atoms with Gasteiger partial charge < -0.3 is 9.84 Å². The highest BCUT2D eigenvalue weighted by Crippen LogP contribution is 2.64. The molecule has 0 aromatic heterocycles. The molecule has 1 heterocycles. The molecule has 7 atom stereocenters. The van der Waals surface area contributed by atoms with Crippen LogP contribution in [0.15, 0.2) is 0 Å². The second kappa shape index (κ2) is 4.47. The van der Waals surface area contributed by atoms with Gasteiger partial charge in [-0.05, 0) is 67.6 Å². The lowest BCUT2D eigenvalue weighted by Crippen LogP contribution is -2.56. The number of rotatable bonds is 0. The minimum Gasteiger partial charge on any atom is -0.465 e. The Bertz CT molecular complexity index is 461. The molecule has 3 nitrogen and oxygen atoms in total. The van der Waals surface area contributed by atoms with Crippen molar-refractivity contribution >= 4 is 5.97 Å². The van der Waals surface area contributed by atoms with Crippen LogP contribution in [0.5, 0.6) is 0 Å². The summed E-state index contributed by atoms with van der Waals surface area (Å²) in [6.07, 6.45) is 7.50. The van der Waals surface area contributed by atoms with E-state index in [0.717, 1.165) is 18.8 Å². The van der Waals surface area contributed by atoms with Crippen molar-refractivity contribution in [2.75, 3.05) is 6.61 Å². The topological polar surface area (TPSA) is 46.5 Å². The van der Waals surface area contributed by atoms with Crippen LogP contribution in [-0.4, -0.2) is 23.8 Å². The van der Waals surface area contributed by atoms with Crippen LogP contribution in [0, 0.1) is 34.5 Å². The quantitative estimate of drug-likeness (QED) is 0.698. The number of hydrogen-bond acceptors (Lipinski definition) is 3. The maximum absolute atomic E-state index is 11.6. The number of cyclic esters (lactones) is 1. The van der Waals surface area contributed by atoms with Crippen LogP contribution in [0.2, 0.25) is 0 Å². The van der Waals surface area contributed by atoms with E-state index in [9.17, 15) is 9.90 Å². The van der Waals surface area contributed by atoms with Crippen LogP contribution < -0.4 is 0 Å². The van der Waals surface area contributed by atoms with Gasteiger partial charge in [0.15, 0.2) is 0 Å². The van der Waals surface area contributed by atoms with Gasteiger partial charge in [0.2, 0.25) is 0 Å². The largest absolute Gasteiger partial charge is 0.465 e. The van der Waals surface area contributed by atoms with Gasteiger partial charge in [0.25, 0.3) is 0 Å². The van der Waals surface area contributed by atoms with Crippen LogP contribution in [0.25, 0.3) is 0 Å².